The topological polar surface area (TPSA) is 61.4 Å². The molecular formula is C14H18ClN3O2. The molecule has 0 aliphatic carbocycles. The minimum atomic E-state index is -0.616. The number of hydrogen-bond acceptors (Lipinski definition) is 2. The normalized spacial score (nSPS) is 15.2. The summed E-state index contributed by atoms with van der Waals surface area (Å²) in [5.74, 6) is 0.129. The molecule has 1 aliphatic rings. The van der Waals surface area contributed by atoms with Crippen molar-refractivity contribution < 1.29 is 9.59 Å². The number of anilines is 2. The summed E-state index contributed by atoms with van der Waals surface area (Å²) >= 11 is 5.77. The Morgan fingerprint density at radius 2 is 2.05 bits per heavy atom. The first-order valence-electron chi connectivity index (χ1n) is 6.47. The first kappa shape index (κ1) is 14.7. The summed E-state index contributed by atoms with van der Waals surface area (Å²) in [5.41, 5.74) is 0.890. The SMILES string of the molecule is CC(C)(CCl)C(=O)Nc1ccc(N2CCNC2=O)cc1. The summed E-state index contributed by atoms with van der Waals surface area (Å²) < 4.78 is 0. The molecular weight excluding hydrogens is 278 g/mol. The zero-order chi connectivity index (χ0) is 14.8. The van der Waals surface area contributed by atoms with E-state index in [4.69, 9.17) is 11.6 Å². The molecule has 1 aliphatic heterocycles. The fourth-order valence-corrected chi connectivity index (χ4v) is 1.93. The Bertz CT molecular complexity index is 514. The molecule has 6 heteroatoms. The molecule has 1 aromatic carbocycles. The predicted molar refractivity (Wildman–Crippen MR) is 80.3 cm³/mol. The van der Waals surface area contributed by atoms with Crippen molar-refractivity contribution >= 4 is 34.9 Å². The van der Waals surface area contributed by atoms with Crippen LogP contribution in [0.2, 0.25) is 0 Å². The Kier molecular flexibility index (Phi) is 4.18. The number of hydrogen-bond donors (Lipinski definition) is 2. The third kappa shape index (κ3) is 3.04. The molecule has 1 aromatic rings. The highest BCUT2D eigenvalue weighted by molar-refractivity contribution is 6.20. The van der Waals surface area contributed by atoms with E-state index in [9.17, 15) is 9.59 Å². The highest BCUT2D eigenvalue weighted by Gasteiger charge is 2.26. The molecule has 0 unspecified atom stereocenters. The van der Waals surface area contributed by atoms with E-state index in [-0.39, 0.29) is 17.8 Å². The standard InChI is InChI=1S/C14H18ClN3O2/c1-14(2,9-15)12(19)17-10-3-5-11(6-4-10)18-8-7-16-13(18)20/h3-6H,7-9H2,1-2H3,(H,16,20)(H,17,19). The maximum absolute atomic E-state index is 12.0. The zero-order valence-electron chi connectivity index (χ0n) is 11.6. The molecule has 0 saturated carbocycles. The highest BCUT2D eigenvalue weighted by atomic mass is 35.5. The van der Waals surface area contributed by atoms with E-state index in [1.165, 1.54) is 0 Å². The molecule has 0 bridgehead atoms. The van der Waals surface area contributed by atoms with Crippen molar-refractivity contribution in [3.05, 3.63) is 24.3 Å². The number of nitrogens with one attached hydrogen (secondary N) is 2. The van der Waals surface area contributed by atoms with Crippen LogP contribution < -0.4 is 15.5 Å². The van der Waals surface area contributed by atoms with Crippen LogP contribution in [-0.2, 0) is 4.79 Å². The first-order chi connectivity index (χ1) is 9.44. The van der Waals surface area contributed by atoms with Crippen LogP contribution in [0.25, 0.3) is 0 Å². The van der Waals surface area contributed by atoms with Gasteiger partial charge < -0.3 is 10.6 Å². The van der Waals surface area contributed by atoms with E-state index in [0.29, 0.717) is 18.8 Å². The number of halogens is 1. The molecule has 0 spiro atoms. The molecule has 1 heterocycles. The van der Waals surface area contributed by atoms with E-state index < -0.39 is 5.41 Å². The van der Waals surface area contributed by atoms with Crippen LogP contribution >= 0.6 is 11.6 Å². The summed E-state index contributed by atoms with van der Waals surface area (Å²) in [6.45, 7) is 4.89. The maximum Gasteiger partial charge on any atom is 0.321 e. The predicted octanol–water partition coefficient (Wildman–Crippen LogP) is 2.42. The largest absolute Gasteiger partial charge is 0.336 e. The number of amides is 3. The molecule has 0 atom stereocenters. The number of carbonyl (C=O) groups is 2. The minimum absolute atomic E-state index is 0.0925. The maximum atomic E-state index is 12.0. The lowest BCUT2D eigenvalue weighted by atomic mass is 9.95. The van der Waals surface area contributed by atoms with E-state index >= 15 is 0 Å². The van der Waals surface area contributed by atoms with Crippen LogP contribution in [0, 0.1) is 5.41 Å². The number of alkyl halides is 1. The Morgan fingerprint density at radius 1 is 1.40 bits per heavy atom. The van der Waals surface area contributed by atoms with Gasteiger partial charge in [-0.1, -0.05) is 0 Å². The smallest absolute Gasteiger partial charge is 0.321 e. The molecule has 0 aromatic heterocycles. The van der Waals surface area contributed by atoms with Crippen LogP contribution in [0.4, 0.5) is 16.2 Å². The van der Waals surface area contributed by atoms with Gasteiger partial charge in [0.25, 0.3) is 0 Å². The molecule has 0 radical (unpaired) electrons. The van der Waals surface area contributed by atoms with Gasteiger partial charge in [0.15, 0.2) is 0 Å². The van der Waals surface area contributed by atoms with Crippen LogP contribution in [0.3, 0.4) is 0 Å². The molecule has 2 N–H and O–H groups in total. The van der Waals surface area contributed by atoms with Crippen molar-refractivity contribution in [2.24, 2.45) is 5.41 Å². The highest BCUT2D eigenvalue weighted by Crippen LogP contribution is 2.23. The molecule has 108 valence electrons. The Hall–Kier alpha value is -1.75. The van der Waals surface area contributed by atoms with Crippen molar-refractivity contribution in [3.63, 3.8) is 0 Å². The lowest BCUT2D eigenvalue weighted by molar-refractivity contribution is -0.122. The molecule has 2 rings (SSSR count). The lowest BCUT2D eigenvalue weighted by Crippen LogP contribution is -2.32. The van der Waals surface area contributed by atoms with Gasteiger partial charge >= 0.3 is 6.03 Å². The van der Waals surface area contributed by atoms with Gasteiger partial charge in [0.2, 0.25) is 5.91 Å². The van der Waals surface area contributed by atoms with E-state index in [1.54, 1.807) is 30.9 Å². The molecule has 20 heavy (non-hydrogen) atoms. The summed E-state index contributed by atoms with van der Waals surface area (Å²) in [7, 11) is 0. The molecule has 5 nitrogen and oxygen atoms in total. The van der Waals surface area contributed by atoms with Crippen LogP contribution in [-0.4, -0.2) is 30.9 Å². The first-order valence-corrected chi connectivity index (χ1v) is 7.00. The van der Waals surface area contributed by atoms with Gasteiger partial charge in [0.1, 0.15) is 0 Å². The van der Waals surface area contributed by atoms with Crippen molar-refractivity contribution in [2.45, 2.75) is 13.8 Å². The van der Waals surface area contributed by atoms with Gasteiger partial charge in [-0.25, -0.2) is 4.79 Å². The Balaban J connectivity index is 2.05. The van der Waals surface area contributed by atoms with E-state index in [0.717, 1.165) is 5.69 Å². The molecule has 1 fully saturated rings. The molecule has 1 saturated heterocycles. The molecule has 3 amide bonds. The van der Waals surface area contributed by atoms with E-state index in [2.05, 4.69) is 10.6 Å². The second-order valence-electron chi connectivity index (χ2n) is 5.40. The number of nitrogens with zero attached hydrogens (tertiary/aromatic N) is 1. The van der Waals surface area contributed by atoms with Gasteiger partial charge in [0.05, 0.1) is 5.41 Å². The fraction of sp³-hybridized carbons (Fsp3) is 0.429. The minimum Gasteiger partial charge on any atom is -0.336 e. The van der Waals surface area contributed by atoms with Crippen molar-refractivity contribution in [2.75, 3.05) is 29.2 Å². The summed E-state index contributed by atoms with van der Waals surface area (Å²) in [6, 6.07) is 7.10. The number of urea groups is 1. The quantitative estimate of drug-likeness (QED) is 0.838. The van der Waals surface area contributed by atoms with Crippen LogP contribution in [0.15, 0.2) is 24.3 Å². The van der Waals surface area contributed by atoms with Crippen molar-refractivity contribution in [3.8, 4) is 0 Å². The van der Waals surface area contributed by atoms with Crippen molar-refractivity contribution in [1.29, 1.82) is 0 Å². The Morgan fingerprint density at radius 3 is 2.55 bits per heavy atom. The van der Waals surface area contributed by atoms with Gasteiger partial charge in [-0.15, -0.1) is 11.6 Å². The zero-order valence-corrected chi connectivity index (χ0v) is 12.3. The summed E-state index contributed by atoms with van der Waals surface area (Å²) in [5, 5.41) is 5.56. The van der Waals surface area contributed by atoms with Crippen LogP contribution in [0.1, 0.15) is 13.8 Å². The second kappa shape index (κ2) is 5.71. The monoisotopic (exact) mass is 295 g/mol. The van der Waals surface area contributed by atoms with Crippen molar-refractivity contribution in [1.82, 2.24) is 5.32 Å². The summed E-state index contributed by atoms with van der Waals surface area (Å²) in [4.78, 5) is 25.2. The average molecular weight is 296 g/mol. The fourth-order valence-electron chi connectivity index (χ4n) is 1.80. The van der Waals surface area contributed by atoms with Gasteiger partial charge in [-0.3, -0.25) is 9.69 Å². The Labute approximate surface area is 123 Å². The number of carbonyl (C=O) groups excluding carboxylic acids is 2. The lowest BCUT2D eigenvalue weighted by Gasteiger charge is -2.21. The number of rotatable bonds is 4. The third-order valence-corrected chi connectivity index (χ3v) is 3.91. The van der Waals surface area contributed by atoms with Gasteiger partial charge in [0, 0.05) is 30.3 Å². The van der Waals surface area contributed by atoms with Gasteiger partial charge in [-0.05, 0) is 38.1 Å². The third-order valence-electron chi connectivity index (χ3n) is 3.24. The number of benzene rings is 1. The van der Waals surface area contributed by atoms with Gasteiger partial charge in [-0.2, -0.15) is 0 Å². The van der Waals surface area contributed by atoms with E-state index in [1.807, 2.05) is 12.1 Å². The summed E-state index contributed by atoms with van der Waals surface area (Å²) in [6.07, 6.45) is 0. The second-order valence-corrected chi connectivity index (χ2v) is 5.67. The van der Waals surface area contributed by atoms with Crippen LogP contribution in [0.5, 0.6) is 0 Å². The average Bonchev–Trinajstić information content (AvgIpc) is 2.86.